The van der Waals surface area contributed by atoms with Crippen LogP contribution in [-0.2, 0) is 6.54 Å². The summed E-state index contributed by atoms with van der Waals surface area (Å²) in [6.07, 6.45) is 1.72. The molecule has 1 aromatic heterocycles. The fourth-order valence-electron chi connectivity index (χ4n) is 1.93. The van der Waals surface area contributed by atoms with Gasteiger partial charge in [0.15, 0.2) is 0 Å². The monoisotopic (exact) mass is 232 g/mol. The molecule has 0 saturated heterocycles. The van der Waals surface area contributed by atoms with Gasteiger partial charge in [-0.25, -0.2) is 4.98 Å². The van der Waals surface area contributed by atoms with E-state index in [1.165, 1.54) is 5.56 Å². The molecule has 1 aromatic carbocycles. The standard InChI is InChI=1S/C13H20N4/c1-9(2)13(6-14)15-7-10-3-4-11-12(5-10)17-8-16-11/h3-5,8-9,13,15H,6-7,14H2,1-2H3,(H,16,17). The number of hydrogen-bond donors (Lipinski definition) is 3. The topological polar surface area (TPSA) is 66.7 Å². The number of aromatic nitrogens is 2. The van der Waals surface area contributed by atoms with Crippen LogP contribution < -0.4 is 11.1 Å². The summed E-state index contributed by atoms with van der Waals surface area (Å²) in [5.74, 6) is 0.552. The maximum Gasteiger partial charge on any atom is 0.0931 e. The summed E-state index contributed by atoms with van der Waals surface area (Å²) in [6.45, 7) is 5.88. The molecular formula is C13H20N4. The summed E-state index contributed by atoms with van der Waals surface area (Å²) in [6, 6.07) is 6.63. The van der Waals surface area contributed by atoms with Gasteiger partial charge >= 0.3 is 0 Å². The maximum atomic E-state index is 5.73. The van der Waals surface area contributed by atoms with Crippen LogP contribution in [0, 0.1) is 5.92 Å². The first-order valence-corrected chi connectivity index (χ1v) is 6.06. The van der Waals surface area contributed by atoms with Crippen molar-refractivity contribution in [3.63, 3.8) is 0 Å². The fourth-order valence-corrected chi connectivity index (χ4v) is 1.93. The number of fused-ring (bicyclic) bond motifs is 1. The van der Waals surface area contributed by atoms with Crippen LogP contribution in [0.25, 0.3) is 11.0 Å². The Morgan fingerprint density at radius 2 is 2.24 bits per heavy atom. The van der Waals surface area contributed by atoms with E-state index >= 15 is 0 Å². The summed E-state index contributed by atoms with van der Waals surface area (Å²) in [4.78, 5) is 7.32. The lowest BCUT2D eigenvalue weighted by Crippen LogP contribution is -2.39. The molecule has 2 rings (SSSR count). The molecule has 4 nitrogen and oxygen atoms in total. The zero-order valence-corrected chi connectivity index (χ0v) is 10.4. The Bertz CT molecular complexity index is 475. The lowest BCUT2D eigenvalue weighted by Gasteiger charge is -2.20. The van der Waals surface area contributed by atoms with E-state index in [1.807, 2.05) is 6.07 Å². The first kappa shape index (κ1) is 12.1. The SMILES string of the molecule is CC(C)C(CN)NCc1ccc2nc[nH]c2c1. The third-order valence-corrected chi connectivity index (χ3v) is 3.11. The van der Waals surface area contributed by atoms with Crippen molar-refractivity contribution in [3.8, 4) is 0 Å². The van der Waals surface area contributed by atoms with Crippen LogP contribution in [0.5, 0.6) is 0 Å². The van der Waals surface area contributed by atoms with Crippen LogP contribution in [0.3, 0.4) is 0 Å². The van der Waals surface area contributed by atoms with Gasteiger partial charge in [-0.3, -0.25) is 0 Å². The van der Waals surface area contributed by atoms with Crippen LogP contribution in [-0.4, -0.2) is 22.6 Å². The second-order valence-corrected chi connectivity index (χ2v) is 4.72. The van der Waals surface area contributed by atoms with Crippen molar-refractivity contribution in [2.75, 3.05) is 6.54 Å². The quantitative estimate of drug-likeness (QED) is 0.734. The van der Waals surface area contributed by atoms with E-state index < -0.39 is 0 Å². The zero-order valence-electron chi connectivity index (χ0n) is 10.4. The number of nitrogens with two attached hydrogens (primary N) is 1. The molecular weight excluding hydrogens is 212 g/mol. The maximum absolute atomic E-state index is 5.73. The minimum Gasteiger partial charge on any atom is -0.345 e. The minimum atomic E-state index is 0.368. The highest BCUT2D eigenvalue weighted by atomic mass is 14.9. The molecule has 0 aliphatic carbocycles. The molecule has 1 heterocycles. The summed E-state index contributed by atoms with van der Waals surface area (Å²) in [5.41, 5.74) is 9.07. The number of H-pyrrole nitrogens is 1. The number of aromatic amines is 1. The molecule has 2 aromatic rings. The van der Waals surface area contributed by atoms with Gasteiger partial charge in [-0.15, -0.1) is 0 Å². The van der Waals surface area contributed by atoms with Crippen LogP contribution >= 0.6 is 0 Å². The van der Waals surface area contributed by atoms with Gasteiger partial charge in [0.25, 0.3) is 0 Å². The fraction of sp³-hybridized carbons (Fsp3) is 0.462. The number of rotatable bonds is 5. The average molecular weight is 232 g/mol. The molecule has 0 radical (unpaired) electrons. The van der Waals surface area contributed by atoms with Crippen molar-refractivity contribution in [2.45, 2.75) is 26.4 Å². The van der Waals surface area contributed by atoms with Crippen molar-refractivity contribution >= 4 is 11.0 Å². The Labute approximate surface area is 102 Å². The van der Waals surface area contributed by atoms with Crippen molar-refractivity contribution in [1.82, 2.24) is 15.3 Å². The Morgan fingerprint density at radius 3 is 2.94 bits per heavy atom. The molecule has 4 N–H and O–H groups in total. The van der Waals surface area contributed by atoms with Gasteiger partial charge in [0, 0.05) is 19.1 Å². The van der Waals surface area contributed by atoms with E-state index in [4.69, 9.17) is 5.73 Å². The molecule has 0 aliphatic heterocycles. The number of nitrogens with one attached hydrogen (secondary N) is 2. The number of hydrogen-bond acceptors (Lipinski definition) is 3. The molecule has 0 fully saturated rings. The van der Waals surface area contributed by atoms with Crippen molar-refractivity contribution in [2.24, 2.45) is 11.7 Å². The summed E-state index contributed by atoms with van der Waals surface area (Å²) in [5, 5.41) is 3.48. The van der Waals surface area contributed by atoms with Gasteiger partial charge in [0.2, 0.25) is 0 Å². The Hall–Kier alpha value is -1.39. The van der Waals surface area contributed by atoms with Crippen LogP contribution in [0.1, 0.15) is 19.4 Å². The van der Waals surface area contributed by atoms with Crippen LogP contribution in [0.4, 0.5) is 0 Å². The molecule has 0 bridgehead atoms. The van der Waals surface area contributed by atoms with Gasteiger partial charge in [-0.2, -0.15) is 0 Å². The summed E-state index contributed by atoms with van der Waals surface area (Å²) >= 11 is 0. The summed E-state index contributed by atoms with van der Waals surface area (Å²) < 4.78 is 0. The van der Waals surface area contributed by atoms with E-state index in [-0.39, 0.29) is 0 Å². The summed E-state index contributed by atoms with van der Waals surface area (Å²) in [7, 11) is 0. The third-order valence-electron chi connectivity index (χ3n) is 3.11. The van der Waals surface area contributed by atoms with Crippen molar-refractivity contribution in [1.29, 1.82) is 0 Å². The molecule has 0 saturated carbocycles. The molecule has 0 amide bonds. The van der Waals surface area contributed by atoms with E-state index in [0.29, 0.717) is 18.5 Å². The number of benzene rings is 1. The van der Waals surface area contributed by atoms with E-state index in [9.17, 15) is 0 Å². The lowest BCUT2D eigenvalue weighted by atomic mass is 10.0. The largest absolute Gasteiger partial charge is 0.345 e. The predicted molar refractivity (Wildman–Crippen MR) is 70.6 cm³/mol. The molecule has 4 heteroatoms. The van der Waals surface area contributed by atoms with Crippen molar-refractivity contribution < 1.29 is 0 Å². The normalized spacial score (nSPS) is 13.4. The lowest BCUT2D eigenvalue weighted by molar-refractivity contribution is 0.405. The Kier molecular flexibility index (Phi) is 3.76. The van der Waals surface area contributed by atoms with Gasteiger partial charge in [0.1, 0.15) is 0 Å². The van der Waals surface area contributed by atoms with Crippen molar-refractivity contribution in [3.05, 3.63) is 30.1 Å². The first-order chi connectivity index (χ1) is 8.20. The average Bonchev–Trinajstić information content (AvgIpc) is 2.76. The number of imidazole rings is 1. The number of nitrogens with zero attached hydrogens (tertiary/aromatic N) is 1. The smallest absolute Gasteiger partial charge is 0.0931 e. The minimum absolute atomic E-state index is 0.368. The Balaban J connectivity index is 2.02. The Morgan fingerprint density at radius 1 is 1.41 bits per heavy atom. The van der Waals surface area contributed by atoms with Gasteiger partial charge < -0.3 is 16.0 Å². The zero-order chi connectivity index (χ0) is 12.3. The second-order valence-electron chi connectivity index (χ2n) is 4.72. The molecule has 0 spiro atoms. The first-order valence-electron chi connectivity index (χ1n) is 6.06. The van der Waals surface area contributed by atoms with E-state index in [2.05, 4.69) is 41.3 Å². The van der Waals surface area contributed by atoms with Gasteiger partial charge in [0.05, 0.1) is 17.4 Å². The van der Waals surface area contributed by atoms with Crippen LogP contribution in [0.2, 0.25) is 0 Å². The van der Waals surface area contributed by atoms with E-state index in [0.717, 1.165) is 17.6 Å². The molecule has 1 unspecified atom stereocenters. The molecule has 92 valence electrons. The highest BCUT2D eigenvalue weighted by Crippen LogP contribution is 2.12. The molecule has 1 atom stereocenters. The third kappa shape index (κ3) is 2.84. The van der Waals surface area contributed by atoms with E-state index in [1.54, 1.807) is 6.33 Å². The van der Waals surface area contributed by atoms with Gasteiger partial charge in [-0.1, -0.05) is 19.9 Å². The highest BCUT2D eigenvalue weighted by molar-refractivity contribution is 5.74. The second kappa shape index (κ2) is 5.29. The highest BCUT2D eigenvalue weighted by Gasteiger charge is 2.10. The predicted octanol–water partition coefficient (Wildman–Crippen LogP) is 1.64. The van der Waals surface area contributed by atoms with Gasteiger partial charge in [-0.05, 0) is 23.6 Å². The molecule has 17 heavy (non-hydrogen) atoms. The van der Waals surface area contributed by atoms with Crippen LogP contribution in [0.15, 0.2) is 24.5 Å². The molecule has 0 aliphatic rings.